The van der Waals surface area contributed by atoms with Gasteiger partial charge in [0.1, 0.15) is 0 Å². The van der Waals surface area contributed by atoms with Crippen LogP contribution in [0.3, 0.4) is 0 Å². The number of hydrogen-bond donors (Lipinski definition) is 3. The molecule has 102 valence electrons. The first-order chi connectivity index (χ1) is 8.96. The summed E-state index contributed by atoms with van der Waals surface area (Å²) < 4.78 is 24.3. The molecule has 4 N–H and O–H groups in total. The number of fused-ring (bicyclic) bond motifs is 1. The first kappa shape index (κ1) is 13.6. The highest BCUT2D eigenvalue weighted by molar-refractivity contribution is 7.88. The highest BCUT2D eigenvalue weighted by Crippen LogP contribution is 2.22. The predicted octanol–water partition coefficient (Wildman–Crippen LogP) is 0.778. The number of rotatable bonds is 5. The minimum absolute atomic E-state index is 0.331. The molecule has 0 saturated carbocycles. The van der Waals surface area contributed by atoms with Gasteiger partial charge in [-0.25, -0.2) is 13.1 Å². The normalized spacial score (nSPS) is 11.6. The molecule has 0 fully saturated rings. The molecule has 7 heteroatoms. The summed E-state index contributed by atoms with van der Waals surface area (Å²) in [5.41, 5.74) is 8.08. The number of nitrogens with zero attached hydrogens (tertiary/aromatic N) is 1. The van der Waals surface area contributed by atoms with Gasteiger partial charge in [0.25, 0.3) is 0 Å². The Bertz CT molecular complexity index is 685. The Morgan fingerprint density at radius 2 is 2.05 bits per heavy atom. The summed E-state index contributed by atoms with van der Waals surface area (Å²) in [5, 5.41) is 4.13. The van der Waals surface area contributed by atoms with Crippen molar-refractivity contribution in [3.05, 3.63) is 30.5 Å². The van der Waals surface area contributed by atoms with Gasteiger partial charge in [0.2, 0.25) is 10.0 Å². The van der Waals surface area contributed by atoms with Crippen molar-refractivity contribution in [1.82, 2.24) is 9.71 Å². The molecule has 2 rings (SSSR count). The van der Waals surface area contributed by atoms with E-state index in [0.717, 1.165) is 22.8 Å². The Morgan fingerprint density at radius 1 is 1.26 bits per heavy atom. The number of nitrogens with one attached hydrogen (secondary N) is 2. The van der Waals surface area contributed by atoms with Crippen LogP contribution in [0.15, 0.2) is 30.5 Å². The fraction of sp³-hybridized carbons (Fsp3) is 0.250. The van der Waals surface area contributed by atoms with E-state index in [1.165, 1.54) is 0 Å². The van der Waals surface area contributed by atoms with Gasteiger partial charge in [0, 0.05) is 36.0 Å². The maximum Gasteiger partial charge on any atom is 0.208 e. The molecular formula is C12H16N4O2S. The fourth-order valence-electron chi connectivity index (χ4n) is 1.75. The zero-order valence-corrected chi connectivity index (χ0v) is 11.4. The standard InChI is InChI=1S/C12H16N4O2S/c1-19(17,18)16-7-6-15-11-4-5-14-12-8-9(13)2-3-10(11)12/h2-5,8,16H,6-7,13H2,1H3,(H,14,15). The molecule has 0 aliphatic carbocycles. The first-order valence-electron chi connectivity index (χ1n) is 5.78. The summed E-state index contributed by atoms with van der Waals surface area (Å²) in [5.74, 6) is 0. The largest absolute Gasteiger partial charge is 0.399 e. The summed E-state index contributed by atoms with van der Waals surface area (Å²) in [7, 11) is -3.15. The van der Waals surface area contributed by atoms with E-state index < -0.39 is 10.0 Å². The minimum Gasteiger partial charge on any atom is -0.399 e. The van der Waals surface area contributed by atoms with Crippen molar-refractivity contribution in [2.75, 3.05) is 30.4 Å². The Balaban J connectivity index is 2.09. The smallest absolute Gasteiger partial charge is 0.208 e. The maximum atomic E-state index is 10.9. The summed E-state index contributed by atoms with van der Waals surface area (Å²) in [6, 6.07) is 7.35. The van der Waals surface area contributed by atoms with Crippen molar-refractivity contribution >= 4 is 32.3 Å². The second-order valence-electron chi connectivity index (χ2n) is 4.23. The van der Waals surface area contributed by atoms with Crippen LogP contribution in [0, 0.1) is 0 Å². The average Bonchev–Trinajstić information content (AvgIpc) is 2.33. The van der Waals surface area contributed by atoms with E-state index in [1.807, 2.05) is 18.2 Å². The number of sulfonamides is 1. The third-order valence-electron chi connectivity index (χ3n) is 2.57. The quantitative estimate of drug-likeness (QED) is 0.555. The molecule has 6 nitrogen and oxygen atoms in total. The van der Waals surface area contributed by atoms with Gasteiger partial charge in [0.15, 0.2) is 0 Å². The molecule has 0 saturated heterocycles. The topological polar surface area (TPSA) is 97.1 Å². The molecule has 0 amide bonds. The van der Waals surface area contributed by atoms with E-state index in [-0.39, 0.29) is 0 Å². The third kappa shape index (κ3) is 3.80. The van der Waals surface area contributed by atoms with Gasteiger partial charge >= 0.3 is 0 Å². The van der Waals surface area contributed by atoms with Gasteiger partial charge < -0.3 is 11.1 Å². The molecule has 19 heavy (non-hydrogen) atoms. The number of pyridine rings is 1. The van der Waals surface area contributed by atoms with Crippen LogP contribution in [0.1, 0.15) is 0 Å². The van der Waals surface area contributed by atoms with Crippen LogP contribution in [-0.4, -0.2) is 32.7 Å². The van der Waals surface area contributed by atoms with E-state index in [4.69, 9.17) is 5.73 Å². The van der Waals surface area contributed by atoms with Crippen molar-refractivity contribution in [1.29, 1.82) is 0 Å². The van der Waals surface area contributed by atoms with Crippen LogP contribution in [-0.2, 0) is 10.0 Å². The first-order valence-corrected chi connectivity index (χ1v) is 7.67. The SMILES string of the molecule is CS(=O)(=O)NCCNc1ccnc2cc(N)ccc12. The van der Waals surface area contributed by atoms with Crippen LogP contribution in [0.5, 0.6) is 0 Å². The maximum absolute atomic E-state index is 10.9. The van der Waals surface area contributed by atoms with Gasteiger partial charge in [-0.05, 0) is 24.3 Å². The lowest BCUT2D eigenvalue weighted by atomic mass is 10.1. The number of aromatic nitrogens is 1. The Kier molecular flexibility index (Phi) is 3.87. The number of hydrogen-bond acceptors (Lipinski definition) is 5. The predicted molar refractivity (Wildman–Crippen MR) is 77.5 cm³/mol. The number of benzene rings is 1. The zero-order valence-electron chi connectivity index (χ0n) is 10.6. The van der Waals surface area contributed by atoms with E-state index in [2.05, 4.69) is 15.0 Å². The molecule has 0 unspecified atom stereocenters. The Morgan fingerprint density at radius 3 is 2.79 bits per heavy atom. The molecule has 0 aliphatic rings. The molecule has 0 atom stereocenters. The number of anilines is 2. The third-order valence-corrected chi connectivity index (χ3v) is 3.30. The van der Waals surface area contributed by atoms with E-state index >= 15 is 0 Å². The summed E-state index contributed by atoms with van der Waals surface area (Å²) >= 11 is 0. The van der Waals surface area contributed by atoms with Crippen LogP contribution in [0.4, 0.5) is 11.4 Å². The fourth-order valence-corrected chi connectivity index (χ4v) is 2.23. The molecule has 1 aromatic heterocycles. The van der Waals surface area contributed by atoms with Gasteiger partial charge in [-0.2, -0.15) is 0 Å². The molecule has 1 aromatic carbocycles. The minimum atomic E-state index is -3.15. The van der Waals surface area contributed by atoms with Gasteiger partial charge in [0.05, 0.1) is 11.8 Å². The lowest BCUT2D eigenvalue weighted by Gasteiger charge is -2.09. The van der Waals surface area contributed by atoms with Crippen LogP contribution in [0.2, 0.25) is 0 Å². The molecule has 0 radical (unpaired) electrons. The Labute approximate surface area is 112 Å². The van der Waals surface area contributed by atoms with Crippen LogP contribution >= 0.6 is 0 Å². The summed E-state index contributed by atoms with van der Waals surface area (Å²) in [6.45, 7) is 0.828. The molecule has 0 bridgehead atoms. The number of nitrogen functional groups attached to an aromatic ring is 1. The van der Waals surface area contributed by atoms with E-state index in [9.17, 15) is 8.42 Å². The lowest BCUT2D eigenvalue weighted by molar-refractivity contribution is 0.589. The molecule has 0 spiro atoms. The molecular weight excluding hydrogens is 264 g/mol. The summed E-state index contributed by atoms with van der Waals surface area (Å²) in [4.78, 5) is 4.24. The van der Waals surface area contributed by atoms with Gasteiger partial charge in [-0.15, -0.1) is 0 Å². The van der Waals surface area contributed by atoms with E-state index in [0.29, 0.717) is 18.8 Å². The van der Waals surface area contributed by atoms with Crippen LogP contribution in [0.25, 0.3) is 10.9 Å². The van der Waals surface area contributed by atoms with Crippen LogP contribution < -0.4 is 15.8 Å². The van der Waals surface area contributed by atoms with Crippen molar-refractivity contribution in [2.45, 2.75) is 0 Å². The van der Waals surface area contributed by atoms with Gasteiger partial charge in [-0.1, -0.05) is 0 Å². The number of nitrogens with two attached hydrogens (primary N) is 1. The van der Waals surface area contributed by atoms with Crippen molar-refractivity contribution in [3.63, 3.8) is 0 Å². The summed E-state index contributed by atoms with van der Waals surface area (Å²) in [6.07, 6.45) is 2.83. The van der Waals surface area contributed by atoms with E-state index in [1.54, 1.807) is 12.3 Å². The second kappa shape index (κ2) is 5.41. The highest BCUT2D eigenvalue weighted by Gasteiger charge is 2.03. The lowest BCUT2D eigenvalue weighted by Crippen LogP contribution is -2.27. The molecule has 2 aromatic rings. The molecule has 0 aliphatic heterocycles. The second-order valence-corrected chi connectivity index (χ2v) is 6.06. The van der Waals surface area contributed by atoms with Crippen molar-refractivity contribution in [2.24, 2.45) is 0 Å². The Hall–Kier alpha value is -1.86. The van der Waals surface area contributed by atoms with Gasteiger partial charge in [-0.3, -0.25) is 4.98 Å². The van der Waals surface area contributed by atoms with Crippen molar-refractivity contribution in [3.8, 4) is 0 Å². The monoisotopic (exact) mass is 280 g/mol. The van der Waals surface area contributed by atoms with Crippen molar-refractivity contribution < 1.29 is 8.42 Å². The average molecular weight is 280 g/mol. The molecule has 1 heterocycles. The highest BCUT2D eigenvalue weighted by atomic mass is 32.2. The zero-order chi connectivity index (χ0) is 13.9.